The molecule has 0 spiro atoms. The van der Waals surface area contributed by atoms with Crippen LogP contribution in [0.25, 0.3) is 10.9 Å². The molecule has 0 saturated heterocycles. The zero-order chi connectivity index (χ0) is 18.6. The third kappa shape index (κ3) is 3.73. The maximum atomic E-state index is 12.7. The Morgan fingerprint density at radius 2 is 1.88 bits per heavy atom. The average Bonchev–Trinajstić information content (AvgIpc) is 2.66. The lowest BCUT2D eigenvalue weighted by molar-refractivity contribution is 0.0958. The Bertz CT molecular complexity index is 1070. The summed E-state index contributed by atoms with van der Waals surface area (Å²) in [5, 5.41) is 3.44. The molecule has 0 atom stereocenters. The van der Waals surface area contributed by atoms with Crippen LogP contribution >= 0.6 is 0 Å². The number of benzene rings is 2. The molecule has 0 bridgehead atoms. The molecule has 0 fully saturated rings. The van der Waals surface area contributed by atoms with Gasteiger partial charge in [0.25, 0.3) is 15.9 Å². The zero-order valence-corrected chi connectivity index (χ0v) is 14.7. The lowest BCUT2D eigenvalue weighted by atomic mass is 10.2. The normalized spacial score (nSPS) is 11.1. The van der Waals surface area contributed by atoms with Gasteiger partial charge in [-0.3, -0.25) is 14.5 Å². The van der Waals surface area contributed by atoms with E-state index in [9.17, 15) is 13.2 Å². The Balaban J connectivity index is 1.93. The van der Waals surface area contributed by atoms with Gasteiger partial charge in [0, 0.05) is 23.7 Å². The molecule has 2 aromatic carbocycles. The van der Waals surface area contributed by atoms with Gasteiger partial charge in [-0.25, -0.2) is 8.42 Å². The van der Waals surface area contributed by atoms with Gasteiger partial charge in [0.15, 0.2) is 0 Å². The van der Waals surface area contributed by atoms with Gasteiger partial charge < -0.3 is 5.32 Å². The molecule has 0 unspecified atom stereocenters. The number of pyridine rings is 1. The maximum absolute atomic E-state index is 12.7. The van der Waals surface area contributed by atoms with Crippen LogP contribution in [0.4, 0.5) is 5.69 Å². The lowest BCUT2D eigenvalue weighted by Gasteiger charge is -2.11. The number of fused-ring (bicyclic) bond motifs is 1. The second kappa shape index (κ2) is 7.37. The summed E-state index contributed by atoms with van der Waals surface area (Å²) >= 11 is 0. The summed E-state index contributed by atoms with van der Waals surface area (Å²) in [6.45, 7) is 3.83. The molecular formula is C19H17N3O3S. The van der Waals surface area contributed by atoms with Crippen LogP contribution in [-0.2, 0) is 10.0 Å². The molecule has 1 amide bonds. The number of hydrogen-bond acceptors (Lipinski definition) is 4. The van der Waals surface area contributed by atoms with Crippen molar-refractivity contribution < 1.29 is 13.2 Å². The molecule has 0 aliphatic rings. The highest BCUT2D eigenvalue weighted by Gasteiger charge is 2.17. The highest BCUT2D eigenvalue weighted by atomic mass is 32.2. The minimum Gasteiger partial charge on any atom is -0.349 e. The van der Waals surface area contributed by atoms with E-state index in [1.807, 2.05) is 12.1 Å². The summed E-state index contributed by atoms with van der Waals surface area (Å²) in [6.07, 6.45) is 3.15. The minimum atomic E-state index is -3.87. The topological polar surface area (TPSA) is 88.2 Å². The van der Waals surface area contributed by atoms with Gasteiger partial charge in [-0.2, -0.15) is 0 Å². The molecule has 0 aliphatic carbocycles. The second-order valence-electron chi connectivity index (χ2n) is 5.51. The van der Waals surface area contributed by atoms with Crippen molar-refractivity contribution in [2.75, 3.05) is 11.3 Å². The average molecular weight is 367 g/mol. The number of aromatic nitrogens is 1. The van der Waals surface area contributed by atoms with Crippen LogP contribution in [0.5, 0.6) is 0 Å². The summed E-state index contributed by atoms with van der Waals surface area (Å²) in [4.78, 5) is 16.3. The summed E-state index contributed by atoms with van der Waals surface area (Å²) in [5.74, 6) is -0.367. The molecule has 6 nitrogen and oxygen atoms in total. The molecular weight excluding hydrogens is 350 g/mol. The summed E-state index contributed by atoms with van der Waals surface area (Å²) in [5.41, 5.74) is 1.19. The predicted octanol–water partition coefficient (Wildman–Crippen LogP) is 2.95. The van der Waals surface area contributed by atoms with Crippen molar-refractivity contribution in [1.82, 2.24) is 10.3 Å². The minimum absolute atomic E-state index is 0.00307. The van der Waals surface area contributed by atoms with E-state index in [1.54, 1.807) is 36.5 Å². The first-order valence-electron chi connectivity index (χ1n) is 7.87. The summed E-state index contributed by atoms with van der Waals surface area (Å²) in [7, 11) is -3.87. The fourth-order valence-corrected chi connectivity index (χ4v) is 3.57. The molecule has 26 heavy (non-hydrogen) atoms. The molecule has 132 valence electrons. The quantitative estimate of drug-likeness (QED) is 0.656. The number of para-hydroxylation sites is 1. The van der Waals surface area contributed by atoms with Crippen molar-refractivity contribution >= 4 is 32.5 Å². The van der Waals surface area contributed by atoms with Gasteiger partial charge >= 0.3 is 0 Å². The second-order valence-corrected chi connectivity index (χ2v) is 7.20. The molecule has 0 radical (unpaired) electrons. The van der Waals surface area contributed by atoms with Gasteiger partial charge in [-0.15, -0.1) is 6.58 Å². The van der Waals surface area contributed by atoms with Gasteiger partial charge in [0.1, 0.15) is 0 Å². The van der Waals surface area contributed by atoms with Crippen LogP contribution in [0.2, 0.25) is 0 Å². The van der Waals surface area contributed by atoms with E-state index in [0.717, 1.165) is 5.39 Å². The highest BCUT2D eigenvalue weighted by Crippen LogP contribution is 2.24. The third-order valence-electron chi connectivity index (χ3n) is 3.69. The molecule has 2 N–H and O–H groups in total. The Morgan fingerprint density at radius 1 is 1.12 bits per heavy atom. The molecule has 1 heterocycles. The van der Waals surface area contributed by atoms with E-state index < -0.39 is 10.0 Å². The first kappa shape index (κ1) is 17.6. The Labute approximate surface area is 151 Å². The van der Waals surface area contributed by atoms with Crippen LogP contribution < -0.4 is 10.0 Å². The molecule has 0 aliphatic heterocycles. The number of sulfonamides is 1. The zero-order valence-electron chi connectivity index (χ0n) is 13.8. The maximum Gasteiger partial charge on any atom is 0.261 e. The molecule has 7 heteroatoms. The number of amides is 1. The van der Waals surface area contributed by atoms with Crippen molar-refractivity contribution in [1.29, 1.82) is 0 Å². The van der Waals surface area contributed by atoms with Gasteiger partial charge in [0.2, 0.25) is 0 Å². The van der Waals surface area contributed by atoms with E-state index in [4.69, 9.17) is 0 Å². The van der Waals surface area contributed by atoms with Gasteiger partial charge in [0.05, 0.1) is 16.1 Å². The van der Waals surface area contributed by atoms with E-state index in [-0.39, 0.29) is 16.4 Å². The van der Waals surface area contributed by atoms with Crippen molar-refractivity contribution in [3.05, 3.63) is 79.0 Å². The van der Waals surface area contributed by atoms with E-state index in [0.29, 0.717) is 17.7 Å². The summed E-state index contributed by atoms with van der Waals surface area (Å²) in [6, 6.07) is 14.7. The van der Waals surface area contributed by atoms with Crippen molar-refractivity contribution in [3.8, 4) is 0 Å². The fraction of sp³-hybridized carbons (Fsp3) is 0.0526. The van der Waals surface area contributed by atoms with Gasteiger partial charge in [-0.05, 0) is 30.3 Å². The van der Waals surface area contributed by atoms with Gasteiger partial charge in [-0.1, -0.05) is 30.3 Å². The van der Waals surface area contributed by atoms with Crippen molar-refractivity contribution in [2.45, 2.75) is 4.90 Å². The van der Waals surface area contributed by atoms with E-state index in [2.05, 4.69) is 21.6 Å². The largest absolute Gasteiger partial charge is 0.349 e. The molecule has 1 aromatic heterocycles. The van der Waals surface area contributed by atoms with Crippen molar-refractivity contribution in [2.24, 2.45) is 0 Å². The molecule has 0 saturated carbocycles. The lowest BCUT2D eigenvalue weighted by Crippen LogP contribution is -2.23. The van der Waals surface area contributed by atoms with E-state index in [1.165, 1.54) is 18.2 Å². The van der Waals surface area contributed by atoms with Crippen LogP contribution in [-0.4, -0.2) is 25.9 Å². The number of carbonyl (C=O) groups is 1. The standard InChI is InChI=1S/C19H17N3O3S/c1-2-11-21-19(23)15-7-3-9-16(13-15)26(24,25)22-17-10-4-6-14-8-5-12-20-18(14)17/h2-10,12-13,22H,1,11H2,(H,21,23). The monoisotopic (exact) mass is 367 g/mol. The first-order chi connectivity index (χ1) is 12.5. The first-order valence-corrected chi connectivity index (χ1v) is 9.35. The Kier molecular flexibility index (Phi) is 4.99. The molecule has 3 aromatic rings. The molecule has 3 rings (SSSR count). The number of nitrogens with one attached hydrogen (secondary N) is 2. The predicted molar refractivity (Wildman–Crippen MR) is 102 cm³/mol. The van der Waals surface area contributed by atoms with Crippen LogP contribution in [0, 0.1) is 0 Å². The summed E-state index contributed by atoms with van der Waals surface area (Å²) < 4.78 is 28.0. The fourth-order valence-electron chi connectivity index (χ4n) is 2.46. The SMILES string of the molecule is C=CCNC(=O)c1cccc(S(=O)(=O)Nc2cccc3cccnc23)c1. The van der Waals surface area contributed by atoms with Crippen LogP contribution in [0.15, 0.2) is 78.3 Å². The highest BCUT2D eigenvalue weighted by molar-refractivity contribution is 7.92. The Hall–Kier alpha value is -3.19. The smallest absolute Gasteiger partial charge is 0.261 e. The number of nitrogens with zero attached hydrogens (tertiary/aromatic N) is 1. The number of carbonyl (C=O) groups excluding carboxylic acids is 1. The van der Waals surface area contributed by atoms with Crippen LogP contribution in [0.1, 0.15) is 10.4 Å². The number of rotatable bonds is 6. The van der Waals surface area contributed by atoms with Crippen molar-refractivity contribution in [3.63, 3.8) is 0 Å². The van der Waals surface area contributed by atoms with E-state index >= 15 is 0 Å². The third-order valence-corrected chi connectivity index (χ3v) is 5.05. The Morgan fingerprint density at radius 3 is 2.69 bits per heavy atom. The number of anilines is 1. The van der Waals surface area contributed by atoms with Crippen LogP contribution in [0.3, 0.4) is 0 Å². The number of hydrogen-bond donors (Lipinski definition) is 2.